The van der Waals surface area contributed by atoms with E-state index in [-0.39, 0.29) is 16.9 Å². The summed E-state index contributed by atoms with van der Waals surface area (Å²) in [6, 6.07) is 0. The van der Waals surface area contributed by atoms with Crippen LogP contribution in [-0.2, 0) is 0 Å². The van der Waals surface area contributed by atoms with Gasteiger partial charge in [-0.05, 0) is 24.5 Å². The largest absolute Gasteiger partial charge is 0.351 e. The number of amides is 1. The van der Waals surface area contributed by atoms with E-state index in [0.717, 1.165) is 5.70 Å². The number of carbonyl (C=O) groups excluding carboxylic acids is 1. The van der Waals surface area contributed by atoms with E-state index in [0.29, 0.717) is 22.3 Å². The van der Waals surface area contributed by atoms with Gasteiger partial charge in [-0.25, -0.2) is 0 Å². The maximum Gasteiger partial charge on any atom is 0.260 e. The highest BCUT2D eigenvalue weighted by Crippen LogP contribution is 2.16. The van der Waals surface area contributed by atoms with Crippen LogP contribution in [0.4, 0.5) is 0 Å². The number of nitrogens with one attached hydrogen (secondary N) is 2. The smallest absolute Gasteiger partial charge is 0.260 e. The average Bonchev–Trinajstić information content (AvgIpc) is 3.00. The average molecular weight is 273 g/mol. The van der Waals surface area contributed by atoms with Gasteiger partial charge in [0.25, 0.3) is 5.91 Å². The van der Waals surface area contributed by atoms with Crippen molar-refractivity contribution in [3.8, 4) is 0 Å². The molecule has 96 valence electrons. The van der Waals surface area contributed by atoms with Crippen LogP contribution in [0.15, 0.2) is 34.9 Å². The summed E-state index contributed by atoms with van der Waals surface area (Å²) in [6.45, 7) is 1.76. The second kappa shape index (κ2) is 4.47. The molecule has 6 heteroatoms. The fourth-order valence-electron chi connectivity index (χ4n) is 2.00. The summed E-state index contributed by atoms with van der Waals surface area (Å²) in [5.41, 5.74) is 1.29. The number of fused-ring (bicyclic) bond motifs is 1. The van der Waals surface area contributed by atoms with Gasteiger partial charge in [0.15, 0.2) is 0 Å². The molecule has 0 saturated carbocycles. The molecule has 19 heavy (non-hydrogen) atoms. The van der Waals surface area contributed by atoms with Crippen molar-refractivity contribution >= 4 is 27.7 Å². The molecule has 2 N–H and O–H groups in total. The molecule has 0 spiro atoms. The summed E-state index contributed by atoms with van der Waals surface area (Å²) < 4.78 is 4.12. The van der Waals surface area contributed by atoms with Crippen molar-refractivity contribution in [3.05, 3.63) is 51.6 Å². The number of aryl methyl sites for hydroxylation is 1. The molecule has 0 aromatic carbocycles. The summed E-state index contributed by atoms with van der Waals surface area (Å²) in [5, 5.41) is 3.23. The Morgan fingerprint density at radius 3 is 3.11 bits per heavy atom. The number of hydrogen-bond donors (Lipinski definition) is 2. The van der Waals surface area contributed by atoms with Crippen LogP contribution in [0.1, 0.15) is 22.5 Å². The lowest BCUT2D eigenvalue weighted by Gasteiger charge is -2.05. The van der Waals surface area contributed by atoms with Crippen molar-refractivity contribution in [1.82, 2.24) is 14.7 Å². The third kappa shape index (κ3) is 2.00. The van der Waals surface area contributed by atoms with E-state index in [2.05, 4.69) is 14.7 Å². The van der Waals surface area contributed by atoms with Crippen molar-refractivity contribution < 1.29 is 4.79 Å². The fourth-order valence-corrected chi connectivity index (χ4v) is 2.76. The molecular weight excluding hydrogens is 262 g/mol. The first kappa shape index (κ1) is 11.9. The Bertz CT molecular complexity index is 783. The van der Waals surface area contributed by atoms with Gasteiger partial charge < -0.3 is 10.3 Å². The molecule has 2 aromatic rings. The lowest BCUT2D eigenvalue weighted by Crippen LogP contribution is -2.28. The van der Waals surface area contributed by atoms with E-state index in [4.69, 9.17) is 0 Å². The predicted octanol–water partition coefficient (Wildman–Crippen LogP) is 1.87. The minimum atomic E-state index is -0.385. The zero-order chi connectivity index (χ0) is 13.4. The van der Waals surface area contributed by atoms with Gasteiger partial charge in [-0.15, -0.1) is 0 Å². The summed E-state index contributed by atoms with van der Waals surface area (Å²) in [4.78, 5) is 28.0. The summed E-state index contributed by atoms with van der Waals surface area (Å²) >= 11 is 1.22. The van der Waals surface area contributed by atoms with Gasteiger partial charge in [0.2, 0.25) is 5.43 Å². The van der Waals surface area contributed by atoms with Crippen LogP contribution >= 0.6 is 11.5 Å². The molecule has 1 amide bonds. The number of hydrogen-bond acceptors (Lipinski definition) is 4. The van der Waals surface area contributed by atoms with Crippen molar-refractivity contribution in [2.45, 2.75) is 13.3 Å². The SMILES string of the molecule is Cc1nsc2[nH]cc(C(=O)NC3=CC=CC3)c(=O)c12. The molecule has 2 heterocycles. The normalized spacial score (nSPS) is 13.8. The topological polar surface area (TPSA) is 74.8 Å². The van der Waals surface area contributed by atoms with Gasteiger partial charge in [-0.2, -0.15) is 4.37 Å². The molecular formula is C13H11N3O2S. The number of nitrogens with zero attached hydrogens (tertiary/aromatic N) is 1. The van der Waals surface area contributed by atoms with Crippen LogP contribution in [-0.4, -0.2) is 15.3 Å². The molecule has 1 aliphatic carbocycles. The van der Waals surface area contributed by atoms with E-state index in [1.54, 1.807) is 6.92 Å². The molecule has 0 radical (unpaired) electrons. The van der Waals surface area contributed by atoms with Crippen molar-refractivity contribution in [2.75, 3.05) is 0 Å². The van der Waals surface area contributed by atoms with E-state index >= 15 is 0 Å². The van der Waals surface area contributed by atoms with Gasteiger partial charge in [-0.3, -0.25) is 9.59 Å². The molecule has 0 atom stereocenters. The number of aromatic nitrogens is 2. The maximum absolute atomic E-state index is 12.3. The molecule has 0 saturated heterocycles. The van der Waals surface area contributed by atoms with Gasteiger partial charge in [0, 0.05) is 18.3 Å². The molecule has 0 aliphatic heterocycles. The van der Waals surface area contributed by atoms with E-state index < -0.39 is 0 Å². The van der Waals surface area contributed by atoms with Crippen molar-refractivity contribution in [2.24, 2.45) is 0 Å². The second-order valence-corrected chi connectivity index (χ2v) is 5.06. The Morgan fingerprint density at radius 1 is 1.53 bits per heavy atom. The Hall–Kier alpha value is -2.21. The van der Waals surface area contributed by atoms with Gasteiger partial charge in [0.1, 0.15) is 10.4 Å². The van der Waals surface area contributed by atoms with Crippen LogP contribution in [0.5, 0.6) is 0 Å². The monoisotopic (exact) mass is 273 g/mol. The van der Waals surface area contributed by atoms with Crippen molar-refractivity contribution in [3.63, 3.8) is 0 Å². The van der Waals surface area contributed by atoms with Crippen LogP contribution in [0.3, 0.4) is 0 Å². The molecule has 2 aromatic heterocycles. The zero-order valence-electron chi connectivity index (χ0n) is 10.2. The Balaban J connectivity index is 2.00. The molecule has 1 aliphatic rings. The van der Waals surface area contributed by atoms with Crippen LogP contribution in [0.25, 0.3) is 10.2 Å². The third-order valence-electron chi connectivity index (χ3n) is 2.97. The number of aromatic amines is 1. The molecule has 0 fully saturated rings. The quantitative estimate of drug-likeness (QED) is 0.877. The number of rotatable bonds is 2. The first-order valence-electron chi connectivity index (χ1n) is 5.81. The van der Waals surface area contributed by atoms with E-state index in [9.17, 15) is 9.59 Å². The number of carbonyl (C=O) groups is 1. The van der Waals surface area contributed by atoms with Crippen molar-refractivity contribution in [1.29, 1.82) is 0 Å². The number of H-pyrrole nitrogens is 1. The number of allylic oxidation sites excluding steroid dienone is 3. The molecule has 3 rings (SSSR count). The molecule has 5 nitrogen and oxygen atoms in total. The highest BCUT2D eigenvalue weighted by Gasteiger charge is 2.16. The second-order valence-electron chi connectivity index (χ2n) is 4.28. The molecule has 0 unspecified atom stereocenters. The first-order valence-corrected chi connectivity index (χ1v) is 6.59. The van der Waals surface area contributed by atoms with Gasteiger partial charge in [0.05, 0.1) is 11.1 Å². The highest BCUT2D eigenvalue weighted by molar-refractivity contribution is 7.12. The zero-order valence-corrected chi connectivity index (χ0v) is 11.0. The standard InChI is InChI=1S/C13H11N3O2S/c1-7-10-11(17)9(6-14-13(10)19-16-7)12(18)15-8-4-2-3-5-8/h2-4,6H,5H2,1H3,(H,14,17)(H,15,18). The Morgan fingerprint density at radius 2 is 2.37 bits per heavy atom. The van der Waals surface area contributed by atoms with E-state index in [1.165, 1.54) is 17.7 Å². The summed E-state index contributed by atoms with van der Waals surface area (Å²) in [5.74, 6) is -0.385. The van der Waals surface area contributed by atoms with Gasteiger partial charge >= 0.3 is 0 Å². The minimum Gasteiger partial charge on any atom is -0.351 e. The van der Waals surface area contributed by atoms with Gasteiger partial charge in [-0.1, -0.05) is 12.2 Å². The Kier molecular flexibility index (Phi) is 2.79. The Labute approximate surface area is 112 Å². The van der Waals surface area contributed by atoms with Crippen LogP contribution in [0, 0.1) is 6.92 Å². The predicted molar refractivity (Wildman–Crippen MR) is 74.3 cm³/mol. The fraction of sp³-hybridized carbons (Fsp3) is 0.154. The lowest BCUT2D eigenvalue weighted by atomic mass is 10.2. The maximum atomic E-state index is 12.3. The lowest BCUT2D eigenvalue weighted by molar-refractivity contribution is 0.0964. The van der Waals surface area contributed by atoms with Crippen LogP contribution < -0.4 is 10.7 Å². The summed E-state index contributed by atoms with van der Waals surface area (Å²) in [6.07, 6.45) is 7.76. The third-order valence-corrected chi connectivity index (χ3v) is 3.84. The number of pyridine rings is 1. The summed E-state index contributed by atoms with van der Waals surface area (Å²) in [7, 11) is 0. The highest BCUT2D eigenvalue weighted by atomic mass is 32.1. The van der Waals surface area contributed by atoms with Crippen LogP contribution in [0.2, 0.25) is 0 Å². The minimum absolute atomic E-state index is 0.114. The molecule has 0 bridgehead atoms. The van der Waals surface area contributed by atoms with E-state index in [1.807, 2.05) is 18.2 Å². The first-order chi connectivity index (χ1) is 9.16.